The summed E-state index contributed by atoms with van der Waals surface area (Å²) in [5.74, 6) is 2.30. The van der Waals surface area contributed by atoms with Gasteiger partial charge in [-0.2, -0.15) is 11.8 Å². The van der Waals surface area contributed by atoms with E-state index in [9.17, 15) is 0 Å². The normalized spacial score (nSPS) is 20.4. The lowest BCUT2D eigenvalue weighted by molar-refractivity contribution is 0.00578. The van der Waals surface area contributed by atoms with Crippen LogP contribution in [0.5, 0.6) is 0 Å². The summed E-state index contributed by atoms with van der Waals surface area (Å²) in [6.45, 7) is 10.6. The first kappa shape index (κ1) is 15.9. The van der Waals surface area contributed by atoms with Crippen molar-refractivity contribution in [1.29, 1.82) is 0 Å². The quantitative estimate of drug-likeness (QED) is 0.610. The Bertz CT molecular complexity index is 426. The van der Waals surface area contributed by atoms with Crippen molar-refractivity contribution in [1.82, 2.24) is 0 Å². The Balaban J connectivity index is 2.01. The molecule has 4 heteroatoms. The molecule has 1 fully saturated rings. The molecule has 1 aliphatic heterocycles. The molecule has 1 saturated heterocycles. The van der Waals surface area contributed by atoms with E-state index in [1.54, 1.807) is 0 Å². The predicted molar refractivity (Wildman–Crippen MR) is 88.6 cm³/mol. The minimum absolute atomic E-state index is 0.252. The Hall–Kier alpha value is -0.445. The lowest BCUT2D eigenvalue weighted by Crippen LogP contribution is -2.41. The minimum Gasteiger partial charge on any atom is -0.399 e. The molecule has 0 radical (unpaired) electrons. The number of hydrogen-bond acceptors (Lipinski definition) is 3. The molecule has 0 aliphatic carbocycles. The molecule has 0 aromatic heterocycles. The van der Waals surface area contributed by atoms with Crippen LogP contribution in [0.1, 0.15) is 46.6 Å². The molecule has 110 valence electrons. The van der Waals surface area contributed by atoms with Gasteiger partial charge in [0, 0.05) is 5.75 Å². The van der Waals surface area contributed by atoms with Gasteiger partial charge in [0.2, 0.25) is 0 Å². The fourth-order valence-electron chi connectivity index (χ4n) is 2.08. The van der Waals surface area contributed by atoms with Crippen molar-refractivity contribution < 1.29 is 9.31 Å². The summed E-state index contributed by atoms with van der Waals surface area (Å²) >= 11 is 1.98. The van der Waals surface area contributed by atoms with E-state index in [0.717, 1.165) is 11.2 Å². The molecule has 1 aliphatic rings. The number of rotatable bonds is 5. The fraction of sp³-hybridized carbons (Fsp3) is 0.625. The highest BCUT2D eigenvalue weighted by Gasteiger charge is 2.51. The summed E-state index contributed by atoms with van der Waals surface area (Å²) in [6, 6.07) is 8.63. The summed E-state index contributed by atoms with van der Waals surface area (Å²) in [7, 11) is -0.252. The van der Waals surface area contributed by atoms with Crippen LogP contribution in [0.25, 0.3) is 0 Å². The lowest BCUT2D eigenvalue weighted by atomic mass is 9.79. The molecule has 0 N–H and O–H groups in total. The van der Waals surface area contributed by atoms with Gasteiger partial charge in [0.1, 0.15) is 0 Å². The van der Waals surface area contributed by atoms with Gasteiger partial charge < -0.3 is 9.31 Å². The highest BCUT2D eigenvalue weighted by Crippen LogP contribution is 2.36. The first-order valence-corrected chi connectivity index (χ1v) is 8.53. The van der Waals surface area contributed by atoms with E-state index in [-0.39, 0.29) is 18.3 Å². The van der Waals surface area contributed by atoms with E-state index in [1.165, 1.54) is 17.7 Å². The Kier molecular flexibility index (Phi) is 4.88. The van der Waals surface area contributed by atoms with Crippen LogP contribution < -0.4 is 5.46 Å². The maximum atomic E-state index is 6.06. The molecule has 2 nitrogen and oxygen atoms in total. The molecule has 1 aromatic rings. The minimum atomic E-state index is -0.271. The fourth-order valence-corrected chi connectivity index (χ4v) is 2.95. The van der Waals surface area contributed by atoms with Crippen LogP contribution in [-0.4, -0.2) is 24.1 Å². The second kappa shape index (κ2) is 6.12. The summed E-state index contributed by atoms with van der Waals surface area (Å²) in [5.41, 5.74) is 1.93. The molecule has 0 spiro atoms. The summed E-state index contributed by atoms with van der Waals surface area (Å²) < 4.78 is 12.1. The number of benzene rings is 1. The van der Waals surface area contributed by atoms with E-state index < -0.39 is 0 Å². The third-order valence-corrected chi connectivity index (χ3v) is 5.36. The average molecular weight is 292 g/mol. The maximum absolute atomic E-state index is 6.06. The first-order chi connectivity index (χ1) is 9.36. The second-order valence-corrected chi connectivity index (χ2v) is 7.49. The van der Waals surface area contributed by atoms with E-state index in [1.807, 2.05) is 11.8 Å². The topological polar surface area (TPSA) is 18.5 Å². The van der Waals surface area contributed by atoms with Gasteiger partial charge in [-0.05, 0) is 50.9 Å². The van der Waals surface area contributed by atoms with Crippen LogP contribution >= 0.6 is 11.8 Å². The third kappa shape index (κ3) is 3.41. The Morgan fingerprint density at radius 2 is 1.55 bits per heavy atom. The molecule has 0 saturated carbocycles. The summed E-state index contributed by atoms with van der Waals surface area (Å²) in [5, 5.41) is 0. The maximum Gasteiger partial charge on any atom is 0.494 e. The van der Waals surface area contributed by atoms with Crippen molar-refractivity contribution in [2.45, 2.75) is 58.0 Å². The zero-order valence-corrected chi connectivity index (χ0v) is 14.0. The van der Waals surface area contributed by atoms with Gasteiger partial charge in [-0.25, -0.2) is 0 Å². The molecular weight excluding hydrogens is 267 g/mol. The van der Waals surface area contributed by atoms with Crippen molar-refractivity contribution in [3.8, 4) is 0 Å². The SMILES string of the molecule is CCCSCc1ccc(B2OC(C)(C)C(C)(C)O2)cc1. The Labute approximate surface area is 127 Å². The van der Waals surface area contributed by atoms with Gasteiger partial charge in [-0.15, -0.1) is 0 Å². The molecule has 1 heterocycles. The van der Waals surface area contributed by atoms with Gasteiger partial charge in [0.15, 0.2) is 0 Å². The molecule has 0 amide bonds. The second-order valence-electron chi connectivity index (χ2n) is 6.38. The van der Waals surface area contributed by atoms with Crippen molar-refractivity contribution in [2.75, 3.05) is 5.75 Å². The first-order valence-electron chi connectivity index (χ1n) is 7.38. The van der Waals surface area contributed by atoms with Crippen LogP contribution in [0.3, 0.4) is 0 Å². The van der Waals surface area contributed by atoms with E-state index in [2.05, 4.69) is 58.9 Å². The number of thioether (sulfide) groups is 1. The monoisotopic (exact) mass is 292 g/mol. The van der Waals surface area contributed by atoms with Crippen LogP contribution in [0.15, 0.2) is 24.3 Å². The van der Waals surface area contributed by atoms with Crippen molar-refractivity contribution in [3.63, 3.8) is 0 Å². The molecule has 1 aromatic carbocycles. The zero-order valence-electron chi connectivity index (χ0n) is 13.2. The van der Waals surface area contributed by atoms with Gasteiger partial charge in [0.05, 0.1) is 11.2 Å². The molecule has 0 bridgehead atoms. The van der Waals surface area contributed by atoms with Crippen LogP contribution in [0.2, 0.25) is 0 Å². The third-order valence-electron chi connectivity index (χ3n) is 4.12. The zero-order chi connectivity index (χ0) is 14.8. The van der Waals surface area contributed by atoms with E-state index in [4.69, 9.17) is 9.31 Å². The van der Waals surface area contributed by atoms with E-state index >= 15 is 0 Å². The largest absolute Gasteiger partial charge is 0.494 e. The average Bonchev–Trinajstić information content (AvgIpc) is 2.60. The number of hydrogen-bond donors (Lipinski definition) is 0. The van der Waals surface area contributed by atoms with Crippen LogP contribution in [0.4, 0.5) is 0 Å². The molecule has 0 unspecified atom stereocenters. The van der Waals surface area contributed by atoms with Crippen molar-refractivity contribution in [2.24, 2.45) is 0 Å². The Morgan fingerprint density at radius 1 is 1.00 bits per heavy atom. The molecular formula is C16H25BO2S. The van der Waals surface area contributed by atoms with Crippen molar-refractivity contribution >= 4 is 24.3 Å². The van der Waals surface area contributed by atoms with Gasteiger partial charge in [0.25, 0.3) is 0 Å². The smallest absolute Gasteiger partial charge is 0.399 e. The lowest BCUT2D eigenvalue weighted by Gasteiger charge is -2.32. The molecule has 0 atom stereocenters. The van der Waals surface area contributed by atoms with Crippen LogP contribution in [0, 0.1) is 0 Å². The predicted octanol–water partition coefficient (Wildman–Crippen LogP) is 3.63. The summed E-state index contributed by atoms with van der Waals surface area (Å²) in [6.07, 6.45) is 1.23. The summed E-state index contributed by atoms with van der Waals surface area (Å²) in [4.78, 5) is 0. The van der Waals surface area contributed by atoms with Gasteiger partial charge in [-0.1, -0.05) is 31.2 Å². The highest BCUT2D eigenvalue weighted by molar-refractivity contribution is 7.98. The van der Waals surface area contributed by atoms with Crippen molar-refractivity contribution in [3.05, 3.63) is 29.8 Å². The standard InChI is InChI=1S/C16H25BO2S/c1-6-11-20-12-13-7-9-14(10-8-13)17-18-15(2,3)16(4,5)19-17/h7-10H,6,11-12H2,1-5H3. The molecule has 2 rings (SSSR count). The molecule has 20 heavy (non-hydrogen) atoms. The highest BCUT2D eigenvalue weighted by atomic mass is 32.2. The van der Waals surface area contributed by atoms with E-state index in [0.29, 0.717) is 0 Å². The van der Waals surface area contributed by atoms with Gasteiger partial charge in [-0.3, -0.25) is 0 Å². The van der Waals surface area contributed by atoms with Gasteiger partial charge >= 0.3 is 7.12 Å². The van der Waals surface area contributed by atoms with Crippen LogP contribution in [-0.2, 0) is 15.1 Å². The Morgan fingerprint density at radius 3 is 2.05 bits per heavy atom.